The van der Waals surface area contributed by atoms with Gasteiger partial charge in [0.2, 0.25) is 0 Å². The molecule has 170 valence electrons. The van der Waals surface area contributed by atoms with Gasteiger partial charge in [-0.25, -0.2) is 4.98 Å². The first-order valence-electron chi connectivity index (χ1n) is 10.8. The molecule has 2 bridgehead atoms. The monoisotopic (exact) mass is 459 g/mol. The van der Waals surface area contributed by atoms with Crippen molar-refractivity contribution < 1.29 is 18.3 Å². The standard InChI is InChI=1S/C25H19F2N5O2/c1-30-13-15(12-28-30)7-6-14-8-9-17-18(10-14)32-19-11-20(23(32)29-17)31(2)24(33)16-4-3-5-21(22(16)19)34-25(26)27/h3-5,8-10,12-13,19-20,25H,11H2,1-2H3/t19-,20-/m1/s1. The number of nitrogens with zero attached hydrogens (tertiary/aromatic N) is 5. The topological polar surface area (TPSA) is 65.2 Å². The Morgan fingerprint density at radius 2 is 1.94 bits per heavy atom. The van der Waals surface area contributed by atoms with E-state index < -0.39 is 6.61 Å². The Morgan fingerprint density at radius 1 is 1.12 bits per heavy atom. The number of benzene rings is 2. The molecule has 0 radical (unpaired) electrons. The second-order valence-corrected chi connectivity index (χ2v) is 8.48. The van der Waals surface area contributed by atoms with E-state index in [1.165, 1.54) is 6.07 Å². The summed E-state index contributed by atoms with van der Waals surface area (Å²) >= 11 is 0. The summed E-state index contributed by atoms with van der Waals surface area (Å²) in [5, 5.41) is 4.13. The van der Waals surface area contributed by atoms with Gasteiger partial charge in [-0.15, -0.1) is 0 Å². The van der Waals surface area contributed by atoms with Gasteiger partial charge in [-0.05, 0) is 30.3 Å². The number of alkyl halides is 2. The highest BCUT2D eigenvalue weighted by Crippen LogP contribution is 2.49. The van der Waals surface area contributed by atoms with Gasteiger partial charge in [0.15, 0.2) is 0 Å². The van der Waals surface area contributed by atoms with E-state index in [9.17, 15) is 13.6 Å². The lowest BCUT2D eigenvalue weighted by molar-refractivity contribution is -0.0507. The maximum absolute atomic E-state index is 13.2. The molecule has 2 atom stereocenters. The first-order chi connectivity index (χ1) is 16.4. The number of ether oxygens (including phenoxy) is 1. The third kappa shape index (κ3) is 3.06. The fourth-order valence-electron chi connectivity index (χ4n) is 4.99. The Bertz CT molecular complexity index is 1530. The van der Waals surface area contributed by atoms with Crippen molar-refractivity contribution >= 4 is 16.9 Å². The summed E-state index contributed by atoms with van der Waals surface area (Å²) in [7, 11) is 3.55. The Balaban J connectivity index is 1.53. The fraction of sp³-hybridized carbons (Fsp3) is 0.240. The molecule has 0 spiro atoms. The Morgan fingerprint density at radius 3 is 2.71 bits per heavy atom. The van der Waals surface area contributed by atoms with Crippen LogP contribution in [0.25, 0.3) is 11.0 Å². The zero-order valence-electron chi connectivity index (χ0n) is 18.4. The lowest BCUT2D eigenvalue weighted by Crippen LogP contribution is -2.30. The smallest absolute Gasteiger partial charge is 0.387 e. The molecule has 4 heterocycles. The van der Waals surface area contributed by atoms with E-state index >= 15 is 0 Å². The number of imidazole rings is 1. The van der Waals surface area contributed by atoms with Crippen molar-refractivity contribution in [2.24, 2.45) is 7.05 Å². The van der Waals surface area contributed by atoms with Crippen LogP contribution in [0.4, 0.5) is 8.78 Å². The number of halogens is 2. The molecule has 0 saturated heterocycles. The van der Waals surface area contributed by atoms with Gasteiger partial charge in [-0.3, -0.25) is 9.48 Å². The zero-order valence-corrected chi connectivity index (χ0v) is 18.4. The van der Waals surface area contributed by atoms with Crippen molar-refractivity contribution in [3.05, 3.63) is 76.9 Å². The number of aryl methyl sites for hydroxylation is 1. The Labute approximate surface area is 193 Å². The maximum Gasteiger partial charge on any atom is 0.387 e. The SMILES string of the molecule is CN1C(=O)c2cccc(OC(F)F)c2[C@H]2C[C@@H]1c1nc3ccc(C#Cc4cnn(C)c4)cc3n12. The van der Waals surface area contributed by atoms with Crippen molar-refractivity contribution in [2.45, 2.75) is 25.1 Å². The van der Waals surface area contributed by atoms with Crippen molar-refractivity contribution in [2.75, 3.05) is 7.05 Å². The van der Waals surface area contributed by atoms with Crippen LogP contribution in [0, 0.1) is 11.8 Å². The molecular weight excluding hydrogens is 440 g/mol. The molecule has 2 aliphatic heterocycles. The highest BCUT2D eigenvalue weighted by atomic mass is 19.3. The molecule has 0 aliphatic carbocycles. The van der Waals surface area contributed by atoms with E-state index in [0.717, 1.165) is 28.0 Å². The molecule has 2 aliphatic rings. The van der Waals surface area contributed by atoms with E-state index in [-0.39, 0.29) is 23.7 Å². The number of carbonyl (C=O) groups is 1. The predicted octanol–water partition coefficient (Wildman–Crippen LogP) is 3.89. The molecule has 6 rings (SSSR count). The fourth-order valence-corrected chi connectivity index (χ4v) is 4.99. The molecule has 0 N–H and O–H groups in total. The van der Waals surface area contributed by atoms with E-state index in [0.29, 0.717) is 17.5 Å². The molecule has 2 aromatic carbocycles. The van der Waals surface area contributed by atoms with Gasteiger partial charge in [0.25, 0.3) is 5.91 Å². The van der Waals surface area contributed by atoms with Crippen molar-refractivity contribution in [1.82, 2.24) is 24.2 Å². The summed E-state index contributed by atoms with van der Waals surface area (Å²) in [6.45, 7) is -2.99. The lowest BCUT2D eigenvalue weighted by atomic mass is 9.97. The van der Waals surface area contributed by atoms with Gasteiger partial charge in [-0.1, -0.05) is 17.9 Å². The van der Waals surface area contributed by atoms with E-state index in [1.807, 2.05) is 36.0 Å². The number of hydrogen-bond donors (Lipinski definition) is 0. The largest absolute Gasteiger partial charge is 0.434 e. The van der Waals surface area contributed by atoms with Crippen LogP contribution in [-0.2, 0) is 7.05 Å². The summed E-state index contributed by atoms with van der Waals surface area (Å²) in [5.74, 6) is 6.77. The van der Waals surface area contributed by atoms with Crippen LogP contribution >= 0.6 is 0 Å². The summed E-state index contributed by atoms with van der Waals surface area (Å²) < 4.78 is 35.0. The van der Waals surface area contributed by atoms with Gasteiger partial charge >= 0.3 is 6.61 Å². The van der Waals surface area contributed by atoms with Gasteiger partial charge < -0.3 is 14.2 Å². The van der Waals surface area contributed by atoms with Gasteiger partial charge in [0, 0.05) is 43.4 Å². The van der Waals surface area contributed by atoms with Gasteiger partial charge in [-0.2, -0.15) is 13.9 Å². The van der Waals surface area contributed by atoms with Crippen LogP contribution < -0.4 is 4.74 Å². The first-order valence-corrected chi connectivity index (χ1v) is 10.8. The summed E-state index contributed by atoms with van der Waals surface area (Å²) in [4.78, 5) is 19.6. The van der Waals surface area contributed by atoms with Crippen LogP contribution in [0.2, 0.25) is 0 Å². The number of rotatable bonds is 2. The van der Waals surface area contributed by atoms with Crippen molar-refractivity contribution in [3.63, 3.8) is 0 Å². The molecule has 9 heteroatoms. The normalized spacial score (nSPS) is 18.5. The van der Waals surface area contributed by atoms with E-state index in [1.54, 1.807) is 35.0 Å². The highest BCUT2D eigenvalue weighted by Gasteiger charge is 2.44. The molecule has 34 heavy (non-hydrogen) atoms. The third-order valence-corrected chi connectivity index (χ3v) is 6.46. The van der Waals surface area contributed by atoms with Crippen molar-refractivity contribution in [1.29, 1.82) is 0 Å². The quantitative estimate of drug-likeness (QED) is 0.427. The minimum Gasteiger partial charge on any atom is -0.434 e. The average molecular weight is 459 g/mol. The molecule has 4 aromatic rings. The summed E-state index contributed by atoms with van der Waals surface area (Å²) in [5.41, 5.74) is 4.02. The average Bonchev–Trinajstić information content (AvgIpc) is 3.48. The molecule has 0 unspecified atom stereocenters. The predicted molar refractivity (Wildman–Crippen MR) is 120 cm³/mol. The number of carbonyl (C=O) groups excluding carboxylic acids is 1. The number of amides is 1. The van der Waals surface area contributed by atoms with Gasteiger partial charge in [0.05, 0.1) is 34.9 Å². The molecule has 0 saturated carbocycles. The highest BCUT2D eigenvalue weighted by molar-refractivity contribution is 5.97. The maximum atomic E-state index is 13.2. The second kappa shape index (κ2) is 7.42. The third-order valence-electron chi connectivity index (χ3n) is 6.46. The molecule has 7 nitrogen and oxygen atoms in total. The number of aromatic nitrogens is 4. The number of hydrogen-bond acceptors (Lipinski definition) is 4. The van der Waals surface area contributed by atoms with Gasteiger partial charge in [0.1, 0.15) is 11.6 Å². The van der Waals surface area contributed by atoms with Crippen LogP contribution in [0.5, 0.6) is 5.75 Å². The van der Waals surface area contributed by atoms with Crippen molar-refractivity contribution in [3.8, 4) is 17.6 Å². The van der Waals surface area contributed by atoms with E-state index in [2.05, 4.69) is 16.9 Å². The molecule has 0 fully saturated rings. The summed E-state index contributed by atoms with van der Waals surface area (Å²) in [6, 6.07) is 9.81. The first kappa shape index (κ1) is 20.4. The summed E-state index contributed by atoms with van der Waals surface area (Å²) in [6.07, 6.45) is 4.06. The minimum absolute atomic E-state index is 0.0159. The van der Waals surface area contributed by atoms with Crippen LogP contribution in [-0.4, -0.2) is 43.8 Å². The number of fused-ring (bicyclic) bond motifs is 9. The minimum atomic E-state index is -2.99. The van der Waals surface area contributed by atoms with Crippen LogP contribution in [0.15, 0.2) is 48.8 Å². The second-order valence-electron chi connectivity index (χ2n) is 8.48. The van der Waals surface area contributed by atoms with E-state index in [4.69, 9.17) is 9.72 Å². The Hall–Kier alpha value is -4.19. The lowest BCUT2D eigenvalue weighted by Gasteiger charge is -2.24. The zero-order chi connectivity index (χ0) is 23.6. The van der Waals surface area contributed by atoms with Crippen LogP contribution in [0.3, 0.4) is 0 Å². The molecule has 1 amide bonds. The Kier molecular flexibility index (Phi) is 4.45. The van der Waals surface area contributed by atoms with Crippen LogP contribution in [0.1, 0.15) is 51.4 Å². The molecule has 2 aromatic heterocycles. The molecular formula is C25H19F2N5O2.